The molecule has 4 heteroatoms. The minimum absolute atomic E-state index is 0.00395. The van der Waals surface area contributed by atoms with Crippen LogP contribution < -0.4 is 5.32 Å². The Bertz CT molecular complexity index is 747. The minimum Gasteiger partial charge on any atom is -0.349 e. The molecule has 0 radical (unpaired) electrons. The predicted octanol–water partition coefficient (Wildman–Crippen LogP) is 4.29. The van der Waals surface area contributed by atoms with Crippen LogP contribution in [0.1, 0.15) is 28.6 Å². The molecule has 1 N–H and O–H groups in total. The summed E-state index contributed by atoms with van der Waals surface area (Å²) in [7, 11) is 0. The van der Waals surface area contributed by atoms with Crippen molar-refractivity contribution < 1.29 is 4.79 Å². The maximum absolute atomic E-state index is 12.5. The van der Waals surface area contributed by atoms with Crippen LogP contribution in [0.5, 0.6) is 0 Å². The molecule has 0 fully saturated rings. The van der Waals surface area contributed by atoms with Crippen LogP contribution in [0.25, 0.3) is 5.69 Å². The van der Waals surface area contributed by atoms with Gasteiger partial charge < -0.3 is 9.88 Å². The van der Waals surface area contributed by atoms with Crippen molar-refractivity contribution in [2.45, 2.75) is 25.8 Å². The Morgan fingerprint density at radius 1 is 1.13 bits per heavy atom. The lowest BCUT2D eigenvalue weighted by Gasteiger charge is -2.14. The smallest absolute Gasteiger partial charge is 0.263 e. The number of carbonyl (C=O) groups excluding carboxylic acids is 1. The molecule has 0 aliphatic rings. The van der Waals surface area contributed by atoms with Crippen LogP contribution in [-0.4, -0.2) is 16.5 Å². The molecule has 3 nitrogen and oxygen atoms in total. The summed E-state index contributed by atoms with van der Waals surface area (Å²) in [5.74, 6) is 0.00395. The Balaban J connectivity index is 1.60. The van der Waals surface area contributed by atoms with Gasteiger partial charge in [-0.1, -0.05) is 30.3 Å². The zero-order valence-electron chi connectivity index (χ0n) is 13.1. The van der Waals surface area contributed by atoms with E-state index in [1.54, 1.807) is 0 Å². The average Bonchev–Trinajstić information content (AvgIpc) is 3.24. The van der Waals surface area contributed by atoms with Crippen molar-refractivity contribution in [3.63, 3.8) is 0 Å². The Hall–Kier alpha value is -2.33. The van der Waals surface area contributed by atoms with Gasteiger partial charge in [-0.2, -0.15) is 0 Å². The van der Waals surface area contributed by atoms with E-state index in [2.05, 4.69) is 24.4 Å². The molecule has 0 saturated heterocycles. The minimum atomic E-state index is 0.00395. The summed E-state index contributed by atoms with van der Waals surface area (Å²) in [5, 5.41) is 5.07. The first kappa shape index (κ1) is 15.6. The number of thiophene rings is 1. The SMILES string of the molecule is C[C@H](CCc1ccccc1)NC(=O)c1sccc1-n1cccc1. The van der Waals surface area contributed by atoms with Gasteiger partial charge in [-0.3, -0.25) is 4.79 Å². The highest BCUT2D eigenvalue weighted by Crippen LogP contribution is 2.21. The number of rotatable bonds is 6. The third kappa shape index (κ3) is 3.90. The fraction of sp³-hybridized carbons (Fsp3) is 0.211. The molecule has 0 unspecified atom stereocenters. The van der Waals surface area contributed by atoms with Crippen LogP contribution in [0.4, 0.5) is 0 Å². The fourth-order valence-corrected chi connectivity index (χ4v) is 3.35. The lowest BCUT2D eigenvalue weighted by atomic mass is 10.1. The summed E-state index contributed by atoms with van der Waals surface area (Å²) in [5.41, 5.74) is 2.24. The van der Waals surface area contributed by atoms with Crippen LogP contribution in [0.15, 0.2) is 66.3 Å². The first-order valence-corrected chi connectivity index (χ1v) is 8.67. The van der Waals surface area contributed by atoms with E-state index < -0.39 is 0 Å². The van der Waals surface area contributed by atoms with Crippen LogP contribution >= 0.6 is 11.3 Å². The molecule has 1 amide bonds. The molecule has 2 aromatic heterocycles. The molecule has 0 spiro atoms. The van der Waals surface area contributed by atoms with E-state index in [1.807, 2.05) is 58.7 Å². The number of nitrogens with one attached hydrogen (secondary N) is 1. The number of aromatic nitrogens is 1. The Morgan fingerprint density at radius 3 is 2.61 bits per heavy atom. The zero-order valence-corrected chi connectivity index (χ0v) is 13.9. The monoisotopic (exact) mass is 324 g/mol. The molecule has 0 aliphatic carbocycles. The van der Waals surface area contributed by atoms with Crippen LogP contribution in [0.2, 0.25) is 0 Å². The second-order valence-electron chi connectivity index (χ2n) is 5.62. The largest absolute Gasteiger partial charge is 0.349 e. The number of nitrogens with zero attached hydrogens (tertiary/aromatic N) is 1. The number of hydrogen-bond donors (Lipinski definition) is 1. The summed E-state index contributed by atoms with van der Waals surface area (Å²) >= 11 is 1.48. The summed E-state index contributed by atoms with van der Waals surface area (Å²) in [6.07, 6.45) is 5.81. The highest BCUT2D eigenvalue weighted by molar-refractivity contribution is 7.12. The first-order valence-electron chi connectivity index (χ1n) is 7.79. The van der Waals surface area contributed by atoms with E-state index in [9.17, 15) is 4.79 Å². The second-order valence-corrected chi connectivity index (χ2v) is 6.54. The van der Waals surface area contributed by atoms with Gasteiger partial charge in [-0.15, -0.1) is 11.3 Å². The Kier molecular flexibility index (Phi) is 4.93. The average molecular weight is 324 g/mol. The summed E-state index contributed by atoms with van der Waals surface area (Å²) in [6, 6.07) is 16.4. The summed E-state index contributed by atoms with van der Waals surface area (Å²) < 4.78 is 1.97. The van der Waals surface area contributed by atoms with E-state index in [1.165, 1.54) is 16.9 Å². The zero-order chi connectivity index (χ0) is 16.1. The van der Waals surface area contributed by atoms with Gasteiger partial charge >= 0.3 is 0 Å². The fourth-order valence-electron chi connectivity index (χ4n) is 2.56. The topological polar surface area (TPSA) is 34.0 Å². The molecular formula is C19H20N2OS. The van der Waals surface area contributed by atoms with Crippen molar-refractivity contribution in [3.8, 4) is 5.69 Å². The third-order valence-corrected chi connectivity index (χ3v) is 4.72. The van der Waals surface area contributed by atoms with Gasteiger partial charge in [0, 0.05) is 18.4 Å². The molecule has 2 heterocycles. The lowest BCUT2D eigenvalue weighted by Crippen LogP contribution is -2.32. The molecule has 0 saturated carbocycles. The van der Waals surface area contributed by atoms with Crippen LogP contribution in [0, 0.1) is 0 Å². The van der Waals surface area contributed by atoms with E-state index in [0.717, 1.165) is 23.4 Å². The van der Waals surface area contributed by atoms with Crippen molar-refractivity contribution in [3.05, 3.63) is 76.7 Å². The van der Waals surface area contributed by atoms with Crippen molar-refractivity contribution >= 4 is 17.2 Å². The number of aryl methyl sites for hydroxylation is 1. The lowest BCUT2D eigenvalue weighted by molar-refractivity contribution is 0.0942. The molecule has 3 aromatic rings. The van der Waals surface area contributed by atoms with E-state index in [0.29, 0.717) is 0 Å². The van der Waals surface area contributed by atoms with Crippen LogP contribution in [-0.2, 0) is 6.42 Å². The molecule has 3 rings (SSSR count). The Morgan fingerprint density at radius 2 is 1.87 bits per heavy atom. The van der Waals surface area contributed by atoms with Gasteiger partial charge in [-0.25, -0.2) is 0 Å². The van der Waals surface area contributed by atoms with Gasteiger partial charge in [0.25, 0.3) is 5.91 Å². The molecule has 1 aromatic carbocycles. The van der Waals surface area contributed by atoms with Gasteiger partial charge in [0.1, 0.15) is 4.88 Å². The molecule has 23 heavy (non-hydrogen) atoms. The van der Waals surface area contributed by atoms with Crippen LogP contribution in [0.3, 0.4) is 0 Å². The summed E-state index contributed by atoms with van der Waals surface area (Å²) in [6.45, 7) is 2.06. The number of amides is 1. The molecule has 1 atom stereocenters. The van der Waals surface area contributed by atoms with E-state index in [-0.39, 0.29) is 11.9 Å². The van der Waals surface area contributed by atoms with Gasteiger partial charge in [-0.05, 0) is 48.9 Å². The predicted molar refractivity (Wildman–Crippen MR) is 95.3 cm³/mol. The summed E-state index contributed by atoms with van der Waals surface area (Å²) in [4.78, 5) is 13.3. The van der Waals surface area contributed by atoms with Gasteiger partial charge in [0.05, 0.1) is 5.69 Å². The molecule has 0 bridgehead atoms. The molecular weight excluding hydrogens is 304 g/mol. The quantitative estimate of drug-likeness (QED) is 0.721. The van der Waals surface area contributed by atoms with E-state index >= 15 is 0 Å². The van der Waals surface area contributed by atoms with Gasteiger partial charge in [0.15, 0.2) is 0 Å². The van der Waals surface area contributed by atoms with Gasteiger partial charge in [0.2, 0.25) is 0 Å². The molecule has 0 aliphatic heterocycles. The van der Waals surface area contributed by atoms with Crippen molar-refractivity contribution in [2.24, 2.45) is 0 Å². The number of hydrogen-bond acceptors (Lipinski definition) is 2. The number of carbonyl (C=O) groups is 1. The standard InChI is InChI=1S/C19H20N2OS/c1-15(9-10-16-7-3-2-4-8-16)20-19(22)18-17(11-14-23-18)21-12-5-6-13-21/h2-8,11-15H,9-10H2,1H3,(H,20,22)/t15-/m1/s1. The van der Waals surface area contributed by atoms with Crippen molar-refractivity contribution in [1.82, 2.24) is 9.88 Å². The number of benzene rings is 1. The molecule has 118 valence electrons. The maximum atomic E-state index is 12.5. The third-order valence-electron chi connectivity index (χ3n) is 3.82. The maximum Gasteiger partial charge on any atom is 0.263 e. The Labute approximate surface area is 140 Å². The normalized spacial score (nSPS) is 12.0. The van der Waals surface area contributed by atoms with E-state index in [4.69, 9.17) is 0 Å². The van der Waals surface area contributed by atoms with Crippen molar-refractivity contribution in [2.75, 3.05) is 0 Å². The first-order chi connectivity index (χ1) is 11.2. The second kappa shape index (κ2) is 7.29. The van der Waals surface area contributed by atoms with Crippen molar-refractivity contribution in [1.29, 1.82) is 0 Å². The highest BCUT2D eigenvalue weighted by atomic mass is 32.1. The highest BCUT2D eigenvalue weighted by Gasteiger charge is 2.16.